The molecule has 0 spiro atoms. The van der Waals surface area contributed by atoms with Crippen molar-refractivity contribution in [2.24, 2.45) is 0 Å². The fourth-order valence-electron chi connectivity index (χ4n) is 6.21. The summed E-state index contributed by atoms with van der Waals surface area (Å²) < 4.78 is 6.03. The van der Waals surface area contributed by atoms with Crippen LogP contribution in [0.1, 0.15) is 26.3 Å². The number of piperazine rings is 2. The predicted molar refractivity (Wildman–Crippen MR) is 188 cm³/mol. The van der Waals surface area contributed by atoms with Crippen LogP contribution in [-0.2, 0) is 5.41 Å². The molecule has 4 aromatic rings. The maximum absolute atomic E-state index is 12.4. The predicted octanol–water partition coefficient (Wildman–Crippen LogP) is 4.37. The molecule has 3 aromatic carbocycles. The fraction of sp³-hybridized carbons (Fsp3) is 0.444. The summed E-state index contributed by atoms with van der Waals surface area (Å²) in [5, 5.41) is 13.9. The van der Waals surface area contributed by atoms with Gasteiger partial charge in [-0.15, -0.1) is 0 Å². The Morgan fingerprint density at radius 2 is 1.60 bits per heavy atom. The normalized spacial score (nSPS) is 16.8. The van der Waals surface area contributed by atoms with E-state index in [9.17, 15) is 4.79 Å². The van der Waals surface area contributed by atoms with E-state index in [0.29, 0.717) is 18.8 Å². The van der Waals surface area contributed by atoms with Crippen LogP contribution in [-0.4, -0.2) is 115 Å². The number of ether oxygens (including phenoxy) is 1. The summed E-state index contributed by atoms with van der Waals surface area (Å²) in [7, 11) is 0. The van der Waals surface area contributed by atoms with Crippen LogP contribution in [0.25, 0.3) is 22.4 Å². The van der Waals surface area contributed by atoms with Crippen molar-refractivity contribution in [1.82, 2.24) is 30.2 Å². The van der Waals surface area contributed by atoms with Crippen molar-refractivity contribution in [3.05, 3.63) is 72.3 Å². The molecule has 3 heterocycles. The Labute approximate surface area is 277 Å². The number of aliphatic hydroxyl groups excluding tert-OH is 1. The highest BCUT2D eigenvalue weighted by atomic mass is 16.5. The van der Waals surface area contributed by atoms with Gasteiger partial charge in [0.15, 0.2) is 0 Å². The summed E-state index contributed by atoms with van der Waals surface area (Å²) in [4.78, 5) is 28.1. The van der Waals surface area contributed by atoms with Crippen LogP contribution in [0.5, 0.6) is 5.75 Å². The molecular formula is C36H48N8O3. The molecular weight excluding hydrogens is 592 g/mol. The molecule has 0 bridgehead atoms. The van der Waals surface area contributed by atoms with Gasteiger partial charge < -0.3 is 25.0 Å². The highest BCUT2D eigenvalue weighted by Gasteiger charge is 2.21. The Balaban J connectivity index is 0.948. The van der Waals surface area contributed by atoms with Crippen molar-refractivity contribution in [1.29, 1.82) is 0 Å². The number of anilines is 2. The van der Waals surface area contributed by atoms with Gasteiger partial charge in [-0.25, -0.2) is 14.8 Å². The molecule has 47 heavy (non-hydrogen) atoms. The maximum atomic E-state index is 12.4. The lowest BCUT2D eigenvalue weighted by Crippen LogP contribution is -2.54. The third kappa shape index (κ3) is 8.41. The zero-order chi connectivity index (χ0) is 32.8. The van der Waals surface area contributed by atoms with Gasteiger partial charge in [-0.2, -0.15) is 0 Å². The van der Waals surface area contributed by atoms with Gasteiger partial charge in [-0.05, 0) is 53.4 Å². The molecule has 0 radical (unpaired) electrons. The van der Waals surface area contributed by atoms with Gasteiger partial charge in [0.1, 0.15) is 23.7 Å². The number of urea groups is 1. The number of fused-ring (bicyclic) bond motifs is 1. The number of nitrogens with zero attached hydrogens (tertiary/aromatic N) is 5. The van der Waals surface area contributed by atoms with E-state index < -0.39 is 0 Å². The molecule has 250 valence electrons. The topological polar surface area (TPSA) is 112 Å². The molecule has 2 saturated heterocycles. The summed E-state index contributed by atoms with van der Waals surface area (Å²) in [5.41, 5.74) is 9.36. The molecule has 2 aliphatic heterocycles. The SMILES string of the molecule is CC(C)(C)c1cccc(-c2nc3c(N4CCN(CCOc5ccc(NC(=O)NN6CCN(CCO)CC6)cc5)CC4)cccc3[nH]2)c1. The molecule has 0 unspecified atom stereocenters. The second-order valence-electron chi connectivity index (χ2n) is 13.4. The lowest BCUT2D eigenvalue weighted by atomic mass is 9.86. The van der Waals surface area contributed by atoms with Crippen LogP contribution in [0.2, 0.25) is 0 Å². The second-order valence-corrected chi connectivity index (χ2v) is 13.4. The van der Waals surface area contributed by atoms with Gasteiger partial charge in [0.25, 0.3) is 0 Å². The average Bonchev–Trinajstić information content (AvgIpc) is 3.52. The molecule has 4 N–H and O–H groups in total. The number of hydrazine groups is 1. The van der Waals surface area contributed by atoms with E-state index in [0.717, 1.165) is 87.1 Å². The number of nitrogens with one attached hydrogen (secondary N) is 3. The third-order valence-electron chi connectivity index (χ3n) is 9.04. The Kier molecular flexibility index (Phi) is 10.3. The number of hydrogen-bond acceptors (Lipinski definition) is 8. The van der Waals surface area contributed by atoms with Crippen molar-refractivity contribution in [2.45, 2.75) is 26.2 Å². The number of H-pyrrole nitrogens is 1. The Bertz CT molecular complexity index is 1620. The number of carbonyl (C=O) groups excluding carboxylic acids is 1. The summed E-state index contributed by atoms with van der Waals surface area (Å²) >= 11 is 0. The van der Waals surface area contributed by atoms with Crippen LogP contribution < -0.4 is 20.4 Å². The number of para-hydroxylation sites is 1. The number of rotatable bonds is 10. The van der Waals surface area contributed by atoms with E-state index in [4.69, 9.17) is 14.8 Å². The monoisotopic (exact) mass is 640 g/mol. The molecule has 2 aliphatic rings. The van der Waals surface area contributed by atoms with Gasteiger partial charge >= 0.3 is 6.03 Å². The number of imidazole rings is 1. The van der Waals surface area contributed by atoms with Gasteiger partial charge in [0, 0.05) is 76.7 Å². The molecule has 1 aromatic heterocycles. The first-order chi connectivity index (χ1) is 22.7. The van der Waals surface area contributed by atoms with Gasteiger partial charge in [-0.1, -0.05) is 45.0 Å². The minimum atomic E-state index is -0.261. The first-order valence-electron chi connectivity index (χ1n) is 16.7. The number of carbonyl (C=O) groups is 1. The lowest BCUT2D eigenvalue weighted by molar-refractivity contribution is 0.0882. The second kappa shape index (κ2) is 14.7. The van der Waals surface area contributed by atoms with Crippen molar-refractivity contribution >= 4 is 28.4 Å². The maximum Gasteiger partial charge on any atom is 0.333 e. The minimum Gasteiger partial charge on any atom is -0.492 e. The number of hydrogen-bond donors (Lipinski definition) is 4. The molecule has 11 nitrogen and oxygen atoms in total. The van der Waals surface area contributed by atoms with Crippen LogP contribution >= 0.6 is 0 Å². The molecule has 11 heteroatoms. The molecule has 0 saturated carbocycles. The van der Waals surface area contributed by atoms with Crippen LogP contribution in [0, 0.1) is 0 Å². The van der Waals surface area contributed by atoms with Gasteiger partial charge in [0.05, 0.1) is 17.8 Å². The van der Waals surface area contributed by atoms with E-state index in [1.165, 1.54) is 11.3 Å². The van der Waals surface area contributed by atoms with Crippen molar-refractivity contribution in [2.75, 3.05) is 88.9 Å². The summed E-state index contributed by atoms with van der Waals surface area (Å²) in [6, 6.07) is 22.3. The van der Waals surface area contributed by atoms with Crippen molar-refractivity contribution < 1.29 is 14.6 Å². The number of aliphatic hydroxyl groups is 1. The van der Waals surface area contributed by atoms with Crippen molar-refractivity contribution in [3.8, 4) is 17.1 Å². The average molecular weight is 641 g/mol. The molecule has 6 rings (SSSR count). The molecule has 2 amide bonds. The van der Waals surface area contributed by atoms with E-state index in [2.05, 4.69) is 93.7 Å². The number of aromatic amines is 1. The Morgan fingerprint density at radius 3 is 2.32 bits per heavy atom. The minimum absolute atomic E-state index is 0.0820. The van der Waals surface area contributed by atoms with Crippen LogP contribution in [0.4, 0.5) is 16.2 Å². The zero-order valence-electron chi connectivity index (χ0n) is 27.8. The van der Waals surface area contributed by atoms with Crippen LogP contribution in [0.15, 0.2) is 66.7 Å². The van der Waals surface area contributed by atoms with E-state index >= 15 is 0 Å². The number of β-amino-alcohol motifs (C(OH)–C–C–N with tert-alkyl or cyclic N) is 1. The zero-order valence-corrected chi connectivity index (χ0v) is 27.8. The molecule has 0 aliphatic carbocycles. The largest absolute Gasteiger partial charge is 0.492 e. The van der Waals surface area contributed by atoms with Gasteiger partial charge in [0.2, 0.25) is 0 Å². The molecule has 0 atom stereocenters. The first kappa shape index (κ1) is 32.8. The quantitative estimate of drug-likeness (QED) is 0.202. The summed E-state index contributed by atoms with van der Waals surface area (Å²) in [6.45, 7) is 15.9. The smallest absolute Gasteiger partial charge is 0.333 e. The Morgan fingerprint density at radius 1 is 0.894 bits per heavy atom. The van der Waals surface area contributed by atoms with E-state index in [1.54, 1.807) is 0 Å². The lowest BCUT2D eigenvalue weighted by Gasteiger charge is -2.36. The van der Waals surface area contributed by atoms with E-state index in [1.807, 2.05) is 29.3 Å². The third-order valence-corrected chi connectivity index (χ3v) is 9.04. The standard InChI is InChI=1S/C36H48N8O3/c1-36(2,3)28-7-4-6-27(26-28)34-38-31-8-5-9-32(33(31)39-34)43-18-14-42(15-19-43)23-25-47-30-12-10-29(11-13-30)37-35(46)40-44-20-16-41(17-21-44)22-24-45/h4-13,26,45H,14-25H2,1-3H3,(H,38,39)(H2,37,40,46). The first-order valence-corrected chi connectivity index (χ1v) is 16.7. The highest BCUT2D eigenvalue weighted by Crippen LogP contribution is 2.31. The van der Waals surface area contributed by atoms with Gasteiger partial charge in [-0.3, -0.25) is 15.2 Å². The summed E-state index contributed by atoms with van der Waals surface area (Å²) in [6.07, 6.45) is 0. The highest BCUT2D eigenvalue weighted by molar-refractivity contribution is 5.91. The van der Waals surface area contributed by atoms with Crippen LogP contribution in [0.3, 0.4) is 0 Å². The number of amides is 2. The number of aromatic nitrogens is 2. The number of benzene rings is 3. The Hall–Kier alpha value is -4.16. The fourth-order valence-corrected chi connectivity index (χ4v) is 6.21. The van der Waals surface area contributed by atoms with Crippen molar-refractivity contribution in [3.63, 3.8) is 0 Å². The van der Waals surface area contributed by atoms with E-state index in [-0.39, 0.29) is 18.1 Å². The molecule has 2 fully saturated rings. The summed E-state index contributed by atoms with van der Waals surface area (Å²) in [5.74, 6) is 1.69.